The summed E-state index contributed by atoms with van der Waals surface area (Å²) in [5.41, 5.74) is 3.39. The number of hydrogen-bond donors (Lipinski definition) is 1. The summed E-state index contributed by atoms with van der Waals surface area (Å²) >= 11 is 6.19. The van der Waals surface area contributed by atoms with Crippen molar-refractivity contribution in [1.82, 2.24) is 5.32 Å². The van der Waals surface area contributed by atoms with Gasteiger partial charge in [0.1, 0.15) is 12.3 Å². The number of amides is 1. The zero-order chi connectivity index (χ0) is 24.9. The molecule has 0 saturated heterocycles. The minimum absolute atomic E-state index is 0.0613. The van der Waals surface area contributed by atoms with Crippen LogP contribution in [0.5, 0.6) is 5.75 Å². The molecule has 0 fully saturated rings. The molecule has 0 spiro atoms. The maximum absolute atomic E-state index is 13.6. The van der Waals surface area contributed by atoms with Gasteiger partial charge >= 0.3 is 0 Å². The fraction of sp³-hybridized carbons (Fsp3) is 0.269. The van der Waals surface area contributed by atoms with Crippen molar-refractivity contribution in [3.8, 4) is 5.75 Å². The van der Waals surface area contributed by atoms with E-state index in [1.807, 2.05) is 32.9 Å². The van der Waals surface area contributed by atoms with Gasteiger partial charge in [0.05, 0.1) is 23.7 Å². The number of benzene rings is 3. The van der Waals surface area contributed by atoms with Gasteiger partial charge < -0.3 is 10.1 Å². The third kappa shape index (κ3) is 5.72. The predicted octanol–water partition coefficient (Wildman–Crippen LogP) is 5.43. The van der Waals surface area contributed by atoms with Gasteiger partial charge in [-0.2, -0.15) is 0 Å². The Morgan fingerprint density at radius 1 is 1.06 bits per heavy atom. The molecule has 0 radical (unpaired) electrons. The molecule has 0 aliphatic heterocycles. The first-order valence-electron chi connectivity index (χ1n) is 10.9. The van der Waals surface area contributed by atoms with E-state index >= 15 is 0 Å². The smallest absolute Gasteiger partial charge is 0.264 e. The number of hydrogen-bond acceptors (Lipinski definition) is 4. The third-order valence-corrected chi connectivity index (χ3v) is 7.58. The van der Waals surface area contributed by atoms with Crippen molar-refractivity contribution >= 4 is 33.2 Å². The number of aryl methyl sites for hydroxylation is 2. The maximum Gasteiger partial charge on any atom is 0.264 e. The van der Waals surface area contributed by atoms with Crippen molar-refractivity contribution in [2.24, 2.45) is 0 Å². The summed E-state index contributed by atoms with van der Waals surface area (Å²) in [6.45, 7) is 5.55. The molecule has 3 rings (SSSR count). The van der Waals surface area contributed by atoms with Crippen molar-refractivity contribution in [2.75, 3.05) is 18.0 Å². The molecule has 3 aromatic rings. The zero-order valence-corrected chi connectivity index (χ0v) is 21.3. The number of anilines is 1. The second-order valence-corrected chi connectivity index (χ2v) is 10.3. The van der Waals surface area contributed by atoms with Crippen molar-refractivity contribution in [3.05, 3.63) is 88.4 Å². The highest BCUT2D eigenvalue weighted by Gasteiger charge is 2.30. The highest BCUT2D eigenvalue weighted by atomic mass is 35.5. The summed E-state index contributed by atoms with van der Waals surface area (Å²) in [6, 6.07) is 18.4. The summed E-state index contributed by atoms with van der Waals surface area (Å²) in [5, 5.41) is 3.33. The molecule has 1 N–H and O–H groups in total. The Balaban J connectivity index is 1.99. The van der Waals surface area contributed by atoms with Crippen LogP contribution in [0, 0.1) is 13.8 Å². The van der Waals surface area contributed by atoms with E-state index in [1.54, 1.807) is 30.3 Å². The van der Waals surface area contributed by atoms with Gasteiger partial charge in [-0.1, -0.05) is 60.5 Å². The molecule has 3 aromatic carbocycles. The lowest BCUT2D eigenvalue weighted by molar-refractivity contribution is -0.120. The Kier molecular flexibility index (Phi) is 8.23. The van der Waals surface area contributed by atoms with Gasteiger partial charge in [0, 0.05) is 5.02 Å². The van der Waals surface area contributed by atoms with Gasteiger partial charge in [-0.15, -0.1) is 0 Å². The molecule has 0 aromatic heterocycles. The molecule has 6 nitrogen and oxygen atoms in total. The van der Waals surface area contributed by atoms with Crippen molar-refractivity contribution in [1.29, 1.82) is 0 Å². The van der Waals surface area contributed by atoms with Crippen LogP contribution in [0.1, 0.15) is 36.1 Å². The van der Waals surface area contributed by atoms with E-state index in [0.717, 1.165) is 21.0 Å². The van der Waals surface area contributed by atoms with Crippen molar-refractivity contribution in [3.63, 3.8) is 0 Å². The molecule has 1 unspecified atom stereocenters. The van der Waals surface area contributed by atoms with Crippen molar-refractivity contribution in [2.45, 2.75) is 38.1 Å². The highest BCUT2D eigenvalue weighted by Crippen LogP contribution is 2.35. The second-order valence-electron chi connectivity index (χ2n) is 8.03. The molecule has 180 valence electrons. The minimum atomic E-state index is -4.09. The summed E-state index contributed by atoms with van der Waals surface area (Å²) in [4.78, 5) is 13.3. The Morgan fingerprint density at radius 3 is 2.38 bits per heavy atom. The van der Waals surface area contributed by atoms with Gasteiger partial charge in [0.2, 0.25) is 5.91 Å². The van der Waals surface area contributed by atoms with Gasteiger partial charge in [0.25, 0.3) is 10.0 Å². The molecule has 1 atom stereocenters. The number of carbonyl (C=O) groups is 1. The minimum Gasteiger partial charge on any atom is -0.495 e. The van der Waals surface area contributed by atoms with E-state index in [-0.39, 0.29) is 22.4 Å². The molecule has 0 aliphatic carbocycles. The largest absolute Gasteiger partial charge is 0.495 e. The van der Waals surface area contributed by atoms with Crippen LogP contribution in [0.4, 0.5) is 5.69 Å². The van der Waals surface area contributed by atoms with Crippen LogP contribution in [-0.4, -0.2) is 28.0 Å². The SMILES string of the molecule is CCC(NC(=O)CN(c1cc(Cl)ccc1OC)S(=O)(=O)c1ccccc1)c1ccc(C)cc1C. The van der Waals surface area contributed by atoms with Crippen LogP contribution in [0.2, 0.25) is 5.02 Å². The van der Waals surface area contributed by atoms with Gasteiger partial charge in [0.15, 0.2) is 0 Å². The molecular formula is C26H29ClN2O4S. The number of nitrogens with one attached hydrogen (secondary N) is 1. The molecule has 0 heterocycles. The topological polar surface area (TPSA) is 75.7 Å². The third-order valence-electron chi connectivity index (χ3n) is 5.57. The van der Waals surface area contributed by atoms with E-state index in [0.29, 0.717) is 11.4 Å². The number of halogens is 1. The molecule has 0 saturated carbocycles. The quantitative estimate of drug-likeness (QED) is 0.425. The van der Waals surface area contributed by atoms with E-state index in [4.69, 9.17) is 16.3 Å². The van der Waals surface area contributed by atoms with E-state index in [2.05, 4.69) is 11.4 Å². The standard InChI is InChI=1S/C26H29ClN2O4S/c1-5-23(22-13-11-18(2)15-19(22)3)28-26(30)17-29(24-16-20(27)12-14-25(24)33-4)34(31,32)21-9-7-6-8-10-21/h6-16,23H,5,17H2,1-4H3,(H,28,30). The van der Waals surface area contributed by atoms with Gasteiger partial charge in [-0.05, 0) is 61.7 Å². The lowest BCUT2D eigenvalue weighted by Gasteiger charge is -2.27. The lowest BCUT2D eigenvalue weighted by Crippen LogP contribution is -2.42. The zero-order valence-electron chi connectivity index (χ0n) is 19.7. The van der Waals surface area contributed by atoms with Gasteiger partial charge in [-0.3, -0.25) is 9.10 Å². The summed E-state index contributed by atoms with van der Waals surface area (Å²) in [7, 11) is -2.65. The van der Waals surface area contributed by atoms with Crippen LogP contribution in [0.25, 0.3) is 0 Å². The normalized spacial score (nSPS) is 12.1. The number of ether oxygens (including phenoxy) is 1. The Hall–Kier alpha value is -3.03. The van der Waals surface area contributed by atoms with Gasteiger partial charge in [-0.25, -0.2) is 8.42 Å². The Labute approximate surface area is 206 Å². The summed E-state index contributed by atoms with van der Waals surface area (Å²) in [5.74, 6) is -0.147. The van der Waals surface area contributed by atoms with Crippen LogP contribution in [0.3, 0.4) is 0 Å². The number of methoxy groups -OCH3 is 1. The number of rotatable bonds is 9. The van der Waals surface area contributed by atoms with E-state index in [9.17, 15) is 13.2 Å². The second kappa shape index (κ2) is 10.9. The molecular weight excluding hydrogens is 472 g/mol. The van der Waals surface area contributed by atoms with Crippen molar-refractivity contribution < 1.29 is 17.9 Å². The molecule has 34 heavy (non-hydrogen) atoms. The fourth-order valence-corrected chi connectivity index (χ4v) is 5.47. The first kappa shape index (κ1) is 25.6. The molecule has 1 amide bonds. The Bertz CT molecular complexity index is 1260. The van der Waals surface area contributed by atoms with Crippen LogP contribution < -0.4 is 14.4 Å². The predicted molar refractivity (Wildman–Crippen MR) is 136 cm³/mol. The summed E-state index contributed by atoms with van der Waals surface area (Å²) in [6.07, 6.45) is 0.654. The van der Waals surface area contributed by atoms with E-state index < -0.39 is 22.5 Å². The average molecular weight is 501 g/mol. The molecule has 8 heteroatoms. The van der Waals surface area contributed by atoms with E-state index in [1.165, 1.54) is 25.3 Å². The first-order valence-corrected chi connectivity index (χ1v) is 12.8. The Morgan fingerprint density at radius 2 is 1.76 bits per heavy atom. The lowest BCUT2D eigenvalue weighted by atomic mass is 9.97. The summed E-state index contributed by atoms with van der Waals surface area (Å²) < 4.78 is 33.7. The fourth-order valence-electron chi connectivity index (χ4n) is 3.86. The van der Waals surface area contributed by atoms with Crippen LogP contribution in [0.15, 0.2) is 71.6 Å². The molecule has 0 aliphatic rings. The number of sulfonamides is 1. The highest BCUT2D eigenvalue weighted by molar-refractivity contribution is 7.92. The molecule has 0 bridgehead atoms. The van der Waals surface area contributed by atoms with Crippen LogP contribution in [-0.2, 0) is 14.8 Å². The monoisotopic (exact) mass is 500 g/mol. The maximum atomic E-state index is 13.6. The van der Waals surface area contributed by atoms with Crippen LogP contribution >= 0.6 is 11.6 Å². The first-order chi connectivity index (χ1) is 16.2. The average Bonchev–Trinajstić information content (AvgIpc) is 2.82. The number of nitrogens with zero attached hydrogens (tertiary/aromatic N) is 1. The number of carbonyl (C=O) groups excluding carboxylic acids is 1.